The molecule has 2 saturated heterocycles. The summed E-state index contributed by atoms with van der Waals surface area (Å²) in [5.74, 6) is 0.291. The van der Waals surface area contributed by atoms with E-state index >= 15 is 0 Å². The van der Waals surface area contributed by atoms with E-state index in [-0.39, 0.29) is 11.8 Å². The zero-order valence-corrected chi connectivity index (χ0v) is 14.8. The van der Waals surface area contributed by atoms with Crippen molar-refractivity contribution in [1.29, 1.82) is 0 Å². The minimum atomic E-state index is -0.601. The van der Waals surface area contributed by atoms with Gasteiger partial charge in [0.25, 0.3) is 5.91 Å². The molecule has 0 aromatic heterocycles. The van der Waals surface area contributed by atoms with Crippen molar-refractivity contribution >= 4 is 28.9 Å². The van der Waals surface area contributed by atoms with Crippen molar-refractivity contribution in [2.75, 3.05) is 48.8 Å². The lowest BCUT2D eigenvalue weighted by Gasteiger charge is -2.24. The number of alkyl halides is 1. The number of carbonyl (C=O) groups is 1. The van der Waals surface area contributed by atoms with Crippen LogP contribution in [0.25, 0.3) is 0 Å². The second-order valence-corrected chi connectivity index (χ2v) is 6.92. The smallest absolute Gasteiger partial charge is 0.253 e. The predicted octanol–water partition coefficient (Wildman–Crippen LogP) is 2.53. The molecule has 3 rings (SSSR count). The van der Waals surface area contributed by atoms with Crippen LogP contribution in [0.2, 0.25) is 0 Å². The molecule has 1 aromatic rings. The number of benzene rings is 1. The summed E-state index contributed by atoms with van der Waals surface area (Å²) < 4.78 is 0. The van der Waals surface area contributed by atoms with Gasteiger partial charge in [0.15, 0.2) is 0 Å². The van der Waals surface area contributed by atoms with E-state index in [0.29, 0.717) is 12.1 Å². The third-order valence-corrected chi connectivity index (χ3v) is 5.15. The molecule has 0 radical (unpaired) electrons. The predicted molar refractivity (Wildman–Crippen MR) is 98.2 cm³/mol. The van der Waals surface area contributed by atoms with Gasteiger partial charge in [-0.2, -0.15) is 0 Å². The van der Waals surface area contributed by atoms with E-state index in [9.17, 15) is 9.90 Å². The topological polar surface area (TPSA) is 55.8 Å². The molecule has 1 amide bonds. The fraction of sp³-hybridized carbons (Fsp3) is 0.611. The number of nitrogens with one attached hydrogen (secondary N) is 1. The lowest BCUT2D eigenvalue weighted by molar-refractivity contribution is 0.0793. The summed E-state index contributed by atoms with van der Waals surface area (Å²) in [4.78, 5) is 16.9. The van der Waals surface area contributed by atoms with Gasteiger partial charge in [-0.3, -0.25) is 4.79 Å². The van der Waals surface area contributed by atoms with Gasteiger partial charge in [0.1, 0.15) is 0 Å². The summed E-state index contributed by atoms with van der Waals surface area (Å²) >= 11 is 5.69. The van der Waals surface area contributed by atoms with E-state index in [0.717, 1.165) is 50.4 Å². The number of aliphatic hydroxyl groups is 1. The van der Waals surface area contributed by atoms with Crippen LogP contribution < -0.4 is 10.2 Å². The maximum absolute atomic E-state index is 12.6. The van der Waals surface area contributed by atoms with Gasteiger partial charge in [-0.05, 0) is 43.9 Å². The second kappa shape index (κ2) is 8.08. The molecule has 0 aliphatic carbocycles. The number of hydrogen-bond donors (Lipinski definition) is 2. The van der Waals surface area contributed by atoms with Crippen molar-refractivity contribution in [2.45, 2.75) is 31.8 Å². The molecule has 132 valence electrons. The van der Waals surface area contributed by atoms with E-state index in [2.05, 4.69) is 10.2 Å². The Labute approximate surface area is 148 Å². The Kier molecular flexibility index (Phi) is 5.85. The molecule has 2 aliphatic rings. The molecule has 2 heterocycles. The minimum Gasteiger partial charge on any atom is -0.390 e. The summed E-state index contributed by atoms with van der Waals surface area (Å²) in [6, 6.07) is 5.89. The van der Waals surface area contributed by atoms with Crippen LogP contribution >= 0.6 is 11.6 Å². The number of carbonyl (C=O) groups excluding carboxylic acids is 1. The van der Waals surface area contributed by atoms with Crippen molar-refractivity contribution in [1.82, 2.24) is 4.90 Å². The Balaban J connectivity index is 1.81. The summed E-state index contributed by atoms with van der Waals surface area (Å²) in [5, 5.41) is 13.0. The van der Waals surface area contributed by atoms with Gasteiger partial charge in [-0.25, -0.2) is 0 Å². The van der Waals surface area contributed by atoms with Crippen LogP contribution in [0.4, 0.5) is 11.4 Å². The van der Waals surface area contributed by atoms with Gasteiger partial charge >= 0.3 is 0 Å². The van der Waals surface area contributed by atoms with Gasteiger partial charge in [-0.15, -0.1) is 11.6 Å². The summed E-state index contributed by atoms with van der Waals surface area (Å²) in [7, 11) is 0. The highest BCUT2D eigenvalue weighted by molar-refractivity contribution is 6.18. The van der Waals surface area contributed by atoms with Crippen LogP contribution in [0.1, 0.15) is 36.0 Å². The quantitative estimate of drug-likeness (QED) is 0.773. The SMILES string of the molecule is O=C(c1ccc(N2CCCC2)c(NCC(O)CCl)c1)N1CCCC1. The van der Waals surface area contributed by atoms with E-state index in [4.69, 9.17) is 11.6 Å². The lowest BCUT2D eigenvalue weighted by Crippen LogP contribution is -2.28. The van der Waals surface area contributed by atoms with E-state index < -0.39 is 6.10 Å². The summed E-state index contributed by atoms with van der Waals surface area (Å²) in [6.07, 6.45) is 3.96. The molecular formula is C18H26ClN3O2. The standard InChI is InChI=1S/C18H26ClN3O2/c19-12-15(23)13-20-16-11-14(18(24)22-9-3-4-10-22)5-6-17(16)21-7-1-2-8-21/h5-6,11,15,20,23H,1-4,7-10,12-13H2. The van der Waals surface area contributed by atoms with Crippen LogP contribution in [-0.4, -0.2) is 60.6 Å². The van der Waals surface area contributed by atoms with E-state index in [1.54, 1.807) is 0 Å². The summed E-state index contributed by atoms with van der Waals surface area (Å²) in [6.45, 7) is 4.14. The van der Waals surface area contributed by atoms with Gasteiger partial charge in [0, 0.05) is 38.3 Å². The Bertz CT molecular complexity index is 569. The van der Waals surface area contributed by atoms with E-state index in [1.807, 2.05) is 23.1 Å². The number of rotatable bonds is 6. The Morgan fingerprint density at radius 3 is 2.50 bits per heavy atom. The highest BCUT2D eigenvalue weighted by Crippen LogP contribution is 2.31. The van der Waals surface area contributed by atoms with Crippen LogP contribution in [-0.2, 0) is 0 Å². The Morgan fingerprint density at radius 2 is 1.83 bits per heavy atom. The monoisotopic (exact) mass is 351 g/mol. The number of likely N-dealkylation sites (tertiary alicyclic amines) is 1. The Morgan fingerprint density at radius 1 is 1.17 bits per heavy atom. The summed E-state index contributed by atoms with van der Waals surface area (Å²) in [5.41, 5.74) is 2.72. The number of amides is 1. The molecule has 6 heteroatoms. The highest BCUT2D eigenvalue weighted by atomic mass is 35.5. The minimum absolute atomic E-state index is 0.0985. The fourth-order valence-electron chi connectivity index (χ4n) is 3.43. The molecule has 2 aliphatic heterocycles. The van der Waals surface area contributed by atoms with Gasteiger partial charge in [0.05, 0.1) is 23.4 Å². The van der Waals surface area contributed by atoms with Crippen molar-refractivity contribution in [3.05, 3.63) is 23.8 Å². The van der Waals surface area contributed by atoms with Crippen LogP contribution in [0.5, 0.6) is 0 Å². The molecule has 1 unspecified atom stereocenters. The molecule has 1 aromatic carbocycles. The number of aliphatic hydroxyl groups excluding tert-OH is 1. The molecule has 0 saturated carbocycles. The fourth-order valence-corrected chi connectivity index (χ4v) is 3.54. The molecule has 24 heavy (non-hydrogen) atoms. The van der Waals surface area contributed by atoms with Crippen molar-refractivity contribution in [3.63, 3.8) is 0 Å². The van der Waals surface area contributed by atoms with Crippen molar-refractivity contribution in [2.24, 2.45) is 0 Å². The molecule has 0 bridgehead atoms. The molecular weight excluding hydrogens is 326 g/mol. The van der Waals surface area contributed by atoms with E-state index in [1.165, 1.54) is 12.8 Å². The number of halogens is 1. The van der Waals surface area contributed by atoms with Crippen LogP contribution in [0.15, 0.2) is 18.2 Å². The molecule has 1 atom stereocenters. The third-order valence-electron chi connectivity index (χ3n) is 4.79. The van der Waals surface area contributed by atoms with Crippen molar-refractivity contribution < 1.29 is 9.90 Å². The average Bonchev–Trinajstić information content (AvgIpc) is 3.32. The van der Waals surface area contributed by atoms with Gasteiger partial charge in [0.2, 0.25) is 0 Å². The average molecular weight is 352 g/mol. The molecule has 5 nitrogen and oxygen atoms in total. The maximum Gasteiger partial charge on any atom is 0.253 e. The first-order valence-corrected chi connectivity index (χ1v) is 9.38. The zero-order valence-electron chi connectivity index (χ0n) is 14.0. The maximum atomic E-state index is 12.6. The number of hydrogen-bond acceptors (Lipinski definition) is 4. The molecule has 2 N–H and O–H groups in total. The normalized spacial score (nSPS) is 18.9. The zero-order chi connectivity index (χ0) is 16.9. The highest BCUT2D eigenvalue weighted by Gasteiger charge is 2.22. The first kappa shape index (κ1) is 17.4. The molecule has 2 fully saturated rings. The molecule has 0 spiro atoms. The number of nitrogens with zero attached hydrogens (tertiary/aromatic N) is 2. The van der Waals surface area contributed by atoms with Gasteiger partial charge < -0.3 is 20.2 Å². The van der Waals surface area contributed by atoms with Crippen LogP contribution in [0, 0.1) is 0 Å². The number of anilines is 2. The Hall–Kier alpha value is -1.46. The first-order valence-electron chi connectivity index (χ1n) is 8.85. The lowest BCUT2D eigenvalue weighted by atomic mass is 10.1. The first-order chi connectivity index (χ1) is 11.7. The van der Waals surface area contributed by atoms with Crippen LogP contribution in [0.3, 0.4) is 0 Å². The largest absolute Gasteiger partial charge is 0.390 e. The second-order valence-electron chi connectivity index (χ2n) is 6.61. The third kappa shape index (κ3) is 3.95. The van der Waals surface area contributed by atoms with Crippen molar-refractivity contribution in [3.8, 4) is 0 Å². The van der Waals surface area contributed by atoms with Gasteiger partial charge in [-0.1, -0.05) is 0 Å².